The molecule has 0 saturated heterocycles. The summed E-state index contributed by atoms with van der Waals surface area (Å²) in [6, 6.07) is 9.82. The Morgan fingerprint density at radius 2 is 1.95 bits per heavy atom. The van der Waals surface area contributed by atoms with Crippen LogP contribution in [0.4, 0.5) is 5.00 Å². The highest BCUT2D eigenvalue weighted by Gasteiger charge is 2.14. The fourth-order valence-electron chi connectivity index (χ4n) is 1.79. The third-order valence-electron chi connectivity index (χ3n) is 2.89. The summed E-state index contributed by atoms with van der Waals surface area (Å²) in [7, 11) is 3.02. The monoisotopic (exact) mass is 323 g/mol. The predicted octanol–water partition coefficient (Wildman–Crippen LogP) is 3.56. The predicted molar refractivity (Wildman–Crippen MR) is 88.1 cm³/mol. The van der Waals surface area contributed by atoms with Gasteiger partial charge >= 0.3 is 5.97 Å². The molecule has 0 aliphatic heterocycles. The van der Waals surface area contributed by atoms with Gasteiger partial charge in [0.05, 0.1) is 19.8 Å². The van der Waals surface area contributed by atoms with Gasteiger partial charge in [-0.3, -0.25) is 0 Å². The first-order chi connectivity index (χ1) is 10.1. The lowest BCUT2D eigenvalue weighted by molar-refractivity contribution is 0.0602. The van der Waals surface area contributed by atoms with E-state index in [0.29, 0.717) is 10.6 Å². The van der Waals surface area contributed by atoms with Gasteiger partial charge in [0.15, 0.2) is 0 Å². The largest absolute Gasteiger partial charge is 0.497 e. The Kier molecular flexibility index (Phi) is 5.52. The maximum absolute atomic E-state index is 11.5. The molecule has 0 radical (unpaired) electrons. The van der Waals surface area contributed by atoms with Gasteiger partial charge in [-0.15, -0.1) is 11.3 Å². The number of hydrogen-bond donors (Lipinski definition) is 1. The minimum atomic E-state index is -0.379. The summed E-state index contributed by atoms with van der Waals surface area (Å²) in [6.45, 7) is 0. The van der Waals surface area contributed by atoms with Crippen molar-refractivity contribution in [3.05, 3.63) is 46.3 Å². The zero-order valence-electron chi connectivity index (χ0n) is 11.9. The second kappa shape index (κ2) is 7.38. The number of carbonyl (C=O) groups is 1. The van der Waals surface area contributed by atoms with E-state index in [0.717, 1.165) is 22.1 Å². The van der Waals surface area contributed by atoms with E-state index in [1.807, 2.05) is 18.2 Å². The Morgan fingerprint density at radius 1 is 1.24 bits per heavy atom. The van der Waals surface area contributed by atoms with Crippen LogP contribution in [0, 0.1) is 0 Å². The molecule has 2 rings (SSSR count). The van der Waals surface area contributed by atoms with E-state index < -0.39 is 0 Å². The average molecular weight is 323 g/mol. The second-order valence-electron chi connectivity index (χ2n) is 4.32. The molecule has 1 heterocycles. The normalized spacial score (nSPS) is 10.4. The Balaban J connectivity index is 1.89. The maximum atomic E-state index is 11.5. The fraction of sp³-hybridized carbons (Fsp3) is 0.267. The van der Waals surface area contributed by atoms with Gasteiger partial charge in [-0.05, 0) is 23.8 Å². The Labute approximate surface area is 132 Å². The molecule has 6 heteroatoms. The summed E-state index contributed by atoms with van der Waals surface area (Å²) < 4.78 is 9.82. The van der Waals surface area contributed by atoms with Gasteiger partial charge in [0.2, 0.25) is 0 Å². The highest BCUT2D eigenvalue weighted by molar-refractivity contribution is 7.97. The number of thioether (sulfide) groups is 1. The lowest BCUT2D eigenvalue weighted by Crippen LogP contribution is -2.01. The van der Waals surface area contributed by atoms with Crippen molar-refractivity contribution < 1.29 is 14.3 Å². The van der Waals surface area contributed by atoms with Crippen molar-refractivity contribution in [3.63, 3.8) is 0 Å². The Bertz CT molecular complexity index is 608. The summed E-state index contributed by atoms with van der Waals surface area (Å²) >= 11 is 3.21. The van der Waals surface area contributed by atoms with Crippen molar-refractivity contribution in [1.82, 2.24) is 0 Å². The average Bonchev–Trinajstić information content (AvgIpc) is 2.88. The molecule has 0 amide bonds. The van der Waals surface area contributed by atoms with Crippen molar-refractivity contribution in [2.45, 2.75) is 11.5 Å². The van der Waals surface area contributed by atoms with E-state index >= 15 is 0 Å². The summed E-state index contributed by atoms with van der Waals surface area (Å²) in [4.78, 5) is 12.6. The molecule has 0 aliphatic rings. The van der Waals surface area contributed by atoms with Crippen molar-refractivity contribution in [3.8, 4) is 5.75 Å². The number of carbonyl (C=O) groups excluding carboxylic acids is 1. The number of thiophene rings is 1. The third-order valence-corrected chi connectivity index (χ3v) is 5.09. The summed E-state index contributed by atoms with van der Waals surface area (Å²) in [5.74, 6) is 2.19. The van der Waals surface area contributed by atoms with Gasteiger partial charge in [-0.1, -0.05) is 12.1 Å². The number of benzene rings is 1. The Morgan fingerprint density at radius 3 is 2.57 bits per heavy atom. The molecule has 112 valence electrons. The lowest BCUT2D eigenvalue weighted by atomic mass is 10.2. The highest BCUT2D eigenvalue weighted by atomic mass is 32.2. The van der Waals surface area contributed by atoms with Crippen LogP contribution in [0.1, 0.15) is 20.8 Å². The lowest BCUT2D eigenvalue weighted by Gasteiger charge is -2.03. The number of rotatable bonds is 6. The molecule has 4 nitrogen and oxygen atoms in total. The standard InChI is InChI=1S/C15H17NO3S2/c1-18-11-5-3-10(4-6-11)8-20-9-12-7-13(14(16)21-12)15(17)19-2/h3-7H,8-9,16H2,1-2H3. The van der Waals surface area contributed by atoms with Crippen LogP contribution in [0.2, 0.25) is 0 Å². The molecule has 1 aromatic heterocycles. The highest BCUT2D eigenvalue weighted by Crippen LogP contribution is 2.29. The van der Waals surface area contributed by atoms with Crippen molar-refractivity contribution in [2.24, 2.45) is 0 Å². The van der Waals surface area contributed by atoms with E-state index in [4.69, 9.17) is 15.2 Å². The van der Waals surface area contributed by atoms with E-state index in [9.17, 15) is 4.79 Å². The van der Waals surface area contributed by atoms with Gasteiger partial charge < -0.3 is 15.2 Å². The molecule has 2 N–H and O–H groups in total. The molecular formula is C15H17NO3S2. The minimum absolute atomic E-state index is 0.379. The number of nitrogen functional groups attached to an aromatic ring is 1. The van der Waals surface area contributed by atoms with Gasteiger partial charge in [0.1, 0.15) is 10.8 Å². The van der Waals surface area contributed by atoms with Gasteiger partial charge in [0.25, 0.3) is 0 Å². The summed E-state index contributed by atoms with van der Waals surface area (Å²) in [6.07, 6.45) is 0. The second-order valence-corrected chi connectivity index (χ2v) is 6.48. The Hall–Kier alpha value is -1.66. The number of anilines is 1. The number of methoxy groups -OCH3 is 2. The SMILES string of the molecule is COC(=O)c1cc(CSCc2ccc(OC)cc2)sc1N. The van der Waals surface area contributed by atoms with Gasteiger partial charge in [0, 0.05) is 16.4 Å². The van der Waals surface area contributed by atoms with Crippen LogP contribution in [0.15, 0.2) is 30.3 Å². The number of hydrogen-bond acceptors (Lipinski definition) is 6. The molecule has 0 atom stereocenters. The van der Waals surface area contributed by atoms with E-state index in [-0.39, 0.29) is 5.97 Å². The molecule has 0 aliphatic carbocycles. The van der Waals surface area contributed by atoms with E-state index in [1.165, 1.54) is 24.0 Å². The van der Waals surface area contributed by atoms with Crippen LogP contribution in [0.25, 0.3) is 0 Å². The molecule has 0 bridgehead atoms. The first-order valence-electron chi connectivity index (χ1n) is 6.31. The van der Waals surface area contributed by atoms with Crippen LogP contribution in [0.5, 0.6) is 5.75 Å². The van der Waals surface area contributed by atoms with Gasteiger partial charge in [-0.2, -0.15) is 11.8 Å². The molecule has 1 aromatic carbocycles. The zero-order valence-corrected chi connectivity index (χ0v) is 13.6. The van der Waals surface area contributed by atoms with Gasteiger partial charge in [-0.25, -0.2) is 4.79 Å². The quantitative estimate of drug-likeness (QED) is 0.824. The number of nitrogens with two attached hydrogens (primary N) is 1. The minimum Gasteiger partial charge on any atom is -0.497 e. The molecule has 2 aromatic rings. The van der Waals surface area contributed by atoms with Crippen LogP contribution in [0.3, 0.4) is 0 Å². The third kappa shape index (κ3) is 4.15. The smallest absolute Gasteiger partial charge is 0.340 e. The molecule has 0 spiro atoms. The molecule has 0 unspecified atom stereocenters. The van der Waals surface area contributed by atoms with Crippen LogP contribution in [-0.4, -0.2) is 20.2 Å². The molecular weight excluding hydrogens is 306 g/mol. The maximum Gasteiger partial charge on any atom is 0.340 e. The number of ether oxygens (including phenoxy) is 2. The zero-order chi connectivity index (χ0) is 15.2. The van der Waals surface area contributed by atoms with Crippen LogP contribution >= 0.6 is 23.1 Å². The van der Waals surface area contributed by atoms with Crippen molar-refractivity contribution in [2.75, 3.05) is 20.0 Å². The van der Waals surface area contributed by atoms with E-state index in [2.05, 4.69) is 12.1 Å². The topological polar surface area (TPSA) is 61.5 Å². The van der Waals surface area contributed by atoms with E-state index in [1.54, 1.807) is 18.9 Å². The van der Waals surface area contributed by atoms with Crippen molar-refractivity contribution >= 4 is 34.1 Å². The van der Waals surface area contributed by atoms with Crippen LogP contribution in [-0.2, 0) is 16.2 Å². The first-order valence-corrected chi connectivity index (χ1v) is 8.28. The van der Waals surface area contributed by atoms with Crippen molar-refractivity contribution in [1.29, 1.82) is 0 Å². The number of esters is 1. The van der Waals surface area contributed by atoms with Crippen LogP contribution < -0.4 is 10.5 Å². The summed E-state index contributed by atoms with van der Waals surface area (Å²) in [5, 5.41) is 0.516. The summed E-state index contributed by atoms with van der Waals surface area (Å²) in [5.41, 5.74) is 7.52. The molecule has 21 heavy (non-hydrogen) atoms. The fourth-order valence-corrected chi connectivity index (χ4v) is 3.80. The molecule has 0 saturated carbocycles. The first kappa shape index (κ1) is 15.7. The molecule has 0 fully saturated rings.